The lowest BCUT2D eigenvalue weighted by molar-refractivity contribution is -0.134. The van der Waals surface area contributed by atoms with E-state index in [0.717, 1.165) is 32.2 Å². The molecule has 0 saturated heterocycles. The number of hydrogen-bond donors (Lipinski definition) is 2. The van der Waals surface area contributed by atoms with Gasteiger partial charge in [-0.3, -0.25) is 0 Å². The van der Waals surface area contributed by atoms with Gasteiger partial charge in [-0.2, -0.15) is 0 Å². The average Bonchev–Trinajstić information content (AvgIpc) is 2.21. The summed E-state index contributed by atoms with van der Waals surface area (Å²) in [5.74, 6) is -0.349. The first kappa shape index (κ1) is 13.0. The second kappa shape index (κ2) is 10.1. The standard InChI is InChI=1S/C10H19NO3/c1-14-10(13)6-8-11-7-4-2-3-5-9-12/h6,8,11-12H,2-5,7,9H2,1H3/b8-6+. The van der Waals surface area contributed by atoms with E-state index < -0.39 is 0 Å². The van der Waals surface area contributed by atoms with Gasteiger partial charge in [-0.15, -0.1) is 0 Å². The van der Waals surface area contributed by atoms with E-state index in [1.165, 1.54) is 13.2 Å². The quantitative estimate of drug-likeness (QED) is 0.347. The summed E-state index contributed by atoms with van der Waals surface area (Å²) in [6, 6.07) is 0. The van der Waals surface area contributed by atoms with Crippen molar-refractivity contribution in [3.05, 3.63) is 12.3 Å². The summed E-state index contributed by atoms with van der Waals surface area (Å²) < 4.78 is 4.42. The Labute approximate surface area is 85.0 Å². The third-order valence-corrected chi connectivity index (χ3v) is 1.77. The molecule has 0 aliphatic carbocycles. The van der Waals surface area contributed by atoms with E-state index >= 15 is 0 Å². The van der Waals surface area contributed by atoms with Crippen LogP contribution in [0.1, 0.15) is 25.7 Å². The zero-order valence-corrected chi connectivity index (χ0v) is 8.66. The SMILES string of the molecule is COC(=O)/C=C/NCCCCCCO. The van der Waals surface area contributed by atoms with E-state index in [-0.39, 0.29) is 12.6 Å². The highest BCUT2D eigenvalue weighted by atomic mass is 16.5. The minimum absolute atomic E-state index is 0.273. The van der Waals surface area contributed by atoms with Crippen molar-refractivity contribution in [2.75, 3.05) is 20.3 Å². The lowest BCUT2D eigenvalue weighted by Gasteiger charge is -2.00. The van der Waals surface area contributed by atoms with Gasteiger partial charge in [-0.1, -0.05) is 12.8 Å². The molecule has 0 fully saturated rings. The Morgan fingerprint density at radius 3 is 2.71 bits per heavy atom. The molecule has 0 aliphatic heterocycles. The molecule has 4 heteroatoms. The van der Waals surface area contributed by atoms with E-state index in [1.807, 2.05) is 0 Å². The van der Waals surface area contributed by atoms with Crippen molar-refractivity contribution >= 4 is 5.97 Å². The second-order valence-corrected chi connectivity index (χ2v) is 2.95. The zero-order chi connectivity index (χ0) is 10.6. The van der Waals surface area contributed by atoms with Gasteiger partial charge in [0.25, 0.3) is 0 Å². The Kier molecular flexibility index (Phi) is 9.31. The highest BCUT2D eigenvalue weighted by Crippen LogP contribution is 1.97. The molecule has 0 amide bonds. The van der Waals surface area contributed by atoms with E-state index in [1.54, 1.807) is 6.20 Å². The van der Waals surface area contributed by atoms with Gasteiger partial charge < -0.3 is 15.2 Å². The molecular weight excluding hydrogens is 182 g/mol. The molecule has 0 unspecified atom stereocenters. The maximum Gasteiger partial charge on any atom is 0.331 e. The van der Waals surface area contributed by atoms with Crippen molar-refractivity contribution in [3.63, 3.8) is 0 Å². The molecule has 0 aliphatic rings. The van der Waals surface area contributed by atoms with Crippen LogP contribution in [0.2, 0.25) is 0 Å². The van der Waals surface area contributed by atoms with Crippen LogP contribution in [0.15, 0.2) is 12.3 Å². The largest absolute Gasteiger partial charge is 0.466 e. The fraction of sp³-hybridized carbons (Fsp3) is 0.700. The molecular formula is C10H19NO3. The monoisotopic (exact) mass is 201 g/mol. The van der Waals surface area contributed by atoms with Crippen LogP contribution < -0.4 is 5.32 Å². The van der Waals surface area contributed by atoms with Gasteiger partial charge in [0.1, 0.15) is 0 Å². The van der Waals surface area contributed by atoms with Crippen LogP contribution in [0.4, 0.5) is 0 Å². The number of methoxy groups -OCH3 is 1. The summed E-state index contributed by atoms with van der Waals surface area (Å²) in [5.41, 5.74) is 0. The molecule has 0 aromatic carbocycles. The topological polar surface area (TPSA) is 58.6 Å². The van der Waals surface area contributed by atoms with E-state index in [9.17, 15) is 4.79 Å². The van der Waals surface area contributed by atoms with Crippen LogP contribution in [-0.2, 0) is 9.53 Å². The fourth-order valence-corrected chi connectivity index (χ4v) is 0.971. The molecule has 0 rings (SSSR count). The van der Waals surface area contributed by atoms with Crippen molar-refractivity contribution in [2.24, 2.45) is 0 Å². The van der Waals surface area contributed by atoms with Gasteiger partial charge in [-0.05, 0) is 12.8 Å². The second-order valence-electron chi connectivity index (χ2n) is 2.95. The molecule has 0 aromatic heterocycles. The van der Waals surface area contributed by atoms with Crippen LogP contribution in [-0.4, -0.2) is 31.3 Å². The maximum absolute atomic E-state index is 10.6. The van der Waals surface area contributed by atoms with Crippen LogP contribution in [0.3, 0.4) is 0 Å². The Hall–Kier alpha value is -1.03. The van der Waals surface area contributed by atoms with Gasteiger partial charge in [0.2, 0.25) is 0 Å². The van der Waals surface area contributed by atoms with Crippen LogP contribution >= 0.6 is 0 Å². The number of unbranched alkanes of at least 4 members (excludes halogenated alkanes) is 3. The van der Waals surface area contributed by atoms with Gasteiger partial charge in [0.05, 0.1) is 7.11 Å². The number of hydrogen-bond acceptors (Lipinski definition) is 4. The van der Waals surface area contributed by atoms with E-state index in [4.69, 9.17) is 5.11 Å². The normalized spacial score (nSPS) is 10.4. The van der Waals surface area contributed by atoms with E-state index in [0.29, 0.717) is 0 Å². The smallest absolute Gasteiger partial charge is 0.331 e. The molecule has 0 bridgehead atoms. The maximum atomic E-state index is 10.6. The lowest BCUT2D eigenvalue weighted by Crippen LogP contribution is -2.08. The zero-order valence-electron chi connectivity index (χ0n) is 8.66. The first-order valence-corrected chi connectivity index (χ1v) is 4.90. The number of carbonyl (C=O) groups excluding carboxylic acids is 1. The Balaban J connectivity index is 3.13. The minimum Gasteiger partial charge on any atom is -0.466 e. The summed E-state index contributed by atoms with van der Waals surface area (Å²) in [5, 5.41) is 11.5. The van der Waals surface area contributed by atoms with Crippen molar-refractivity contribution in [1.82, 2.24) is 5.32 Å². The molecule has 0 aromatic rings. The number of carbonyl (C=O) groups is 1. The number of ether oxygens (including phenoxy) is 1. The summed E-state index contributed by atoms with van der Waals surface area (Å²) in [6.45, 7) is 1.12. The van der Waals surface area contributed by atoms with Crippen molar-refractivity contribution < 1.29 is 14.6 Å². The van der Waals surface area contributed by atoms with Crippen LogP contribution in [0, 0.1) is 0 Å². The first-order chi connectivity index (χ1) is 6.81. The number of aliphatic hydroxyl groups excluding tert-OH is 1. The molecule has 0 radical (unpaired) electrons. The molecule has 82 valence electrons. The average molecular weight is 201 g/mol. The number of esters is 1. The van der Waals surface area contributed by atoms with Crippen molar-refractivity contribution in [1.29, 1.82) is 0 Å². The van der Waals surface area contributed by atoms with Crippen LogP contribution in [0.25, 0.3) is 0 Å². The Morgan fingerprint density at radius 1 is 1.36 bits per heavy atom. The van der Waals surface area contributed by atoms with Crippen LogP contribution in [0.5, 0.6) is 0 Å². The van der Waals surface area contributed by atoms with Gasteiger partial charge in [0, 0.05) is 25.4 Å². The van der Waals surface area contributed by atoms with Crippen molar-refractivity contribution in [2.45, 2.75) is 25.7 Å². The molecule has 2 N–H and O–H groups in total. The third-order valence-electron chi connectivity index (χ3n) is 1.77. The highest BCUT2D eigenvalue weighted by molar-refractivity contribution is 5.81. The third kappa shape index (κ3) is 9.06. The predicted molar refractivity (Wildman–Crippen MR) is 54.7 cm³/mol. The molecule has 14 heavy (non-hydrogen) atoms. The van der Waals surface area contributed by atoms with Crippen molar-refractivity contribution in [3.8, 4) is 0 Å². The lowest BCUT2D eigenvalue weighted by atomic mass is 10.2. The molecule has 0 heterocycles. The first-order valence-electron chi connectivity index (χ1n) is 4.90. The van der Waals surface area contributed by atoms with Gasteiger partial charge in [-0.25, -0.2) is 4.79 Å². The summed E-state index contributed by atoms with van der Waals surface area (Å²) >= 11 is 0. The Morgan fingerprint density at radius 2 is 2.07 bits per heavy atom. The number of aliphatic hydroxyl groups is 1. The summed E-state index contributed by atoms with van der Waals surface area (Å²) in [4.78, 5) is 10.6. The highest BCUT2D eigenvalue weighted by Gasteiger charge is 1.89. The van der Waals surface area contributed by atoms with E-state index in [2.05, 4.69) is 10.1 Å². The summed E-state index contributed by atoms with van der Waals surface area (Å²) in [7, 11) is 1.35. The molecule has 0 atom stereocenters. The molecule has 0 spiro atoms. The molecule has 4 nitrogen and oxygen atoms in total. The summed E-state index contributed by atoms with van der Waals surface area (Å²) in [6.07, 6.45) is 7.02. The molecule has 0 saturated carbocycles. The van der Waals surface area contributed by atoms with Gasteiger partial charge >= 0.3 is 5.97 Å². The number of rotatable bonds is 8. The van der Waals surface area contributed by atoms with Gasteiger partial charge in [0.15, 0.2) is 0 Å². The minimum atomic E-state index is -0.349. The Bertz CT molecular complexity index is 169. The number of nitrogens with one attached hydrogen (secondary N) is 1. The predicted octanol–water partition coefficient (Wildman–Crippen LogP) is 0.815. The fourth-order valence-electron chi connectivity index (χ4n) is 0.971.